The maximum atomic E-state index is 11.5. The van der Waals surface area contributed by atoms with Crippen molar-refractivity contribution in [1.82, 2.24) is 10.2 Å². The Hall–Kier alpha value is -2.43. The third-order valence-electron chi connectivity index (χ3n) is 2.16. The van der Waals surface area contributed by atoms with Gasteiger partial charge in [-0.15, -0.1) is 5.10 Å². The van der Waals surface area contributed by atoms with Gasteiger partial charge in [0.1, 0.15) is 0 Å². The second kappa shape index (κ2) is 4.61. The van der Waals surface area contributed by atoms with E-state index in [0.29, 0.717) is 10.8 Å². The Kier molecular flexibility index (Phi) is 3.00. The zero-order valence-electron chi connectivity index (χ0n) is 9.14. The van der Waals surface area contributed by atoms with Gasteiger partial charge >= 0.3 is 5.97 Å². The van der Waals surface area contributed by atoms with Crippen molar-refractivity contribution in [3.8, 4) is 5.88 Å². The number of carbonyl (C=O) groups excluding carboxylic acids is 1. The van der Waals surface area contributed by atoms with E-state index < -0.39 is 5.97 Å². The fraction of sp³-hybridized carbons (Fsp3) is 0.0833. The number of esters is 1. The minimum Gasteiger partial charge on any atom is -0.402 e. The molecule has 0 aliphatic carbocycles. The summed E-state index contributed by atoms with van der Waals surface area (Å²) in [4.78, 5) is 22.8. The second-order valence-electron chi connectivity index (χ2n) is 3.32. The number of ether oxygens (including phenoxy) is 1. The van der Waals surface area contributed by atoms with Crippen molar-refractivity contribution in [2.75, 3.05) is 0 Å². The molecule has 5 nitrogen and oxygen atoms in total. The van der Waals surface area contributed by atoms with E-state index in [9.17, 15) is 9.59 Å². The summed E-state index contributed by atoms with van der Waals surface area (Å²) < 4.78 is 5.02. The van der Waals surface area contributed by atoms with Crippen LogP contribution in [0.3, 0.4) is 0 Å². The molecule has 1 heterocycles. The Morgan fingerprint density at radius 2 is 2.06 bits per heavy atom. The van der Waals surface area contributed by atoms with Gasteiger partial charge in [-0.25, -0.2) is 9.89 Å². The number of allylic oxidation sites excluding steroid dienone is 1. The van der Waals surface area contributed by atoms with Crippen LogP contribution >= 0.6 is 0 Å². The zero-order valence-corrected chi connectivity index (χ0v) is 9.14. The van der Waals surface area contributed by atoms with Crippen LogP contribution in [-0.2, 0) is 4.79 Å². The Bertz CT molecular complexity index is 643. The first-order chi connectivity index (χ1) is 8.22. The first kappa shape index (κ1) is 11.1. The number of hydrogen-bond acceptors (Lipinski definition) is 4. The molecule has 0 unspecified atom stereocenters. The van der Waals surface area contributed by atoms with Gasteiger partial charge in [0.15, 0.2) is 0 Å². The number of aromatic nitrogens is 2. The van der Waals surface area contributed by atoms with Crippen LogP contribution in [0, 0.1) is 0 Å². The fourth-order valence-electron chi connectivity index (χ4n) is 1.43. The number of hydrogen-bond donors (Lipinski definition) is 1. The van der Waals surface area contributed by atoms with Gasteiger partial charge in [0, 0.05) is 6.08 Å². The maximum absolute atomic E-state index is 11.5. The number of aromatic amines is 1. The zero-order chi connectivity index (χ0) is 12.3. The number of rotatable bonds is 2. The molecule has 1 N–H and O–H groups in total. The Morgan fingerprint density at radius 3 is 2.76 bits per heavy atom. The molecule has 0 amide bonds. The molecule has 0 bridgehead atoms. The summed E-state index contributed by atoms with van der Waals surface area (Å²) in [5.41, 5.74) is -0.313. The summed E-state index contributed by atoms with van der Waals surface area (Å²) in [5, 5.41) is 6.94. The average Bonchev–Trinajstić information content (AvgIpc) is 2.34. The van der Waals surface area contributed by atoms with Gasteiger partial charge in [-0.1, -0.05) is 18.2 Å². The van der Waals surface area contributed by atoms with Crippen molar-refractivity contribution in [3.63, 3.8) is 0 Å². The van der Waals surface area contributed by atoms with Gasteiger partial charge < -0.3 is 4.74 Å². The lowest BCUT2D eigenvalue weighted by Crippen LogP contribution is -2.12. The van der Waals surface area contributed by atoms with Crippen molar-refractivity contribution in [1.29, 1.82) is 0 Å². The largest absolute Gasteiger partial charge is 0.402 e. The van der Waals surface area contributed by atoms with E-state index >= 15 is 0 Å². The fourth-order valence-corrected chi connectivity index (χ4v) is 1.43. The molecule has 0 radical (unpaired) electrons. The van der Waals surface area contributed by atoms with Crippen LogP contribution in [0.5, 0.6) is 5.88 Å². The quantitative estimate of drug-likeness (QED) is 0.625. The number of carbonyl (C=O) groups is 1. The lowest BCUT2D eigenvalue weighted by atomic mass is 10.2. The summed E-state index contributed by atoms with van der Waals surface area (Å²) in [6.07, 6.45) is 2.85. The van der Waals surface area contributed by atoms with Gasteiger partial charge in [0.25, 0.3) is 5.56 Å². The van der Waals surface area contributed by atoms with E-state index in [1.54, 1.807) is 37.3 Å². The van der Waals surface area contributed by atoms with Crippen LogP contribution in [0.15, 0.2) is 41.2 Å². The lowest BCUT2D eigenvalue weighted by molar-refractivity contribution is -0.129. The third kappa shape index (κ3) is 2.23. The minimum atomic E-state index is -0.530. The molecule has 17 heavy (non-hydrogen) atoms. The smallest absolute Gasteiger partial charge is 0.337 e. The monoisotopic (exact) mass is 230 g/mol. The highest BCUT2D eigenvalue weighted by Crippen LogP contribution is 2.18. The molecular weight excluding hydrogens is 220 g/mol. The van der Waals surface area contributed by atoms with E-state index in [2.05, 4.69) is 10.2 Å². The van der Waals surface area contributed by atoms with E-state index in [1.807, 2.05) is 0 Å². The Labute approximate surface area is 96.7 Å². The van der Waals surface area contributed by atoms with Crippen molar-refractivity contribution in [2.45, 2.75) is 6.92 Å². The van der Waals surface area contributed by atoms with Crippen LogP contribution in [0.1, 0.15) is 6.92 Å². The van der Waals surface area contributed by atoms with E-state index in [-0.39, 0.29) is 11.4 Å². The highest BCUT2D eigenvalue weighted by atomic mass is 16.5. The molecule has 2 rings (SSSR count). The third-order valence-corrected chi connectivity index (χ3v) is 2.16. The summed E-state index contributed by atoms with van der Waals surface area (Å²) in [6, 6.07) is 6.80. The first-order valence-corrected chi connectivity index (χ1v) is 5.04. The molecule has 0 aliphatic heterocycles. The molecule has 0 saturated carbocycles. The van der Waals surface area contributed by atoms with Crippen LogP contribution in [0.2, 0.25) is 0 Å². The SMILES string of the molecule is C/C=C/C(=O)Oc1n[nH]c(=O)c2ccccc12. The standard InChI is InChI=1S/C12H10N2O3/c1-2-5-10(15)17-12-9-7-4-3-6-8(9)11(16)13-14-12/h2-7H,1H3,(H,13,16)/b5-2+. The topological polar surface area (TPSA) is 72.0 Å². The summed E-state index contributed by atoms with van der Waals surface area (Å²) in [5.74, 6) is -0.430. The van der Waals surface area contributed by atoms with Crippen LogP contribution in [0.25, 0.3) is 10.8 Å². The molecule has 1 aromatic carbocycles. The van der Waals surface area contributed by atoms with E-state index in [0.717, 1.165) is 0 Å². The number of H-pyrrole nitrogens is 1. The molecule has 1 aromatic heterocycles. The predicted octanol–water partition coefficient (Wildman–Crippen LogP) is 1.40. The number of nitrogens with one attached hydrogen (secondary N) is 1. The van der Waals surface area contributed by atoms with Gasteiger partial charge in [-0.05, 0) is 19.1 Å². The molecule has 86 valence electrons. The lowest BCUT2D eigenvalue weighted by Gasteiger charge is -2.03. The molecule has 0 atom stereocenters. The number of benzene rings is 1. The molecule has 5 heteroatoms. The van der Waals surface area contributed by atoms with Crippen molar-refractivity contribution < 1.29 is 9.53 Å². The summed E-state index contributed by atoms with van der Waals surface area (Å²) in [7, 11) is 0. The van der Waals surface area contributed by atoms with Crippen LogP contribution < -0.4 is 10.3 Å². The van der Waals surface area contributed by atoms with Crippen molar-refractivity contribution >= 4 is 16.7 Å². The predicted molar refractivity (Wildman–Crippen MR) is 62.8 cm³/mol. The second-order valence-corrected chi connectivity index (χ2v) is 3.32. The molecule has 0 saturated heterocycles. The summed E-state index contributed by atoms with van der Waals surface area (Å²) >= 11 is 0. The molecule has 0 aliphatic rings. The Balaban J connectivity index is 2.52. The first-order valence-electron chi connectivity index (χ1n) is 5.04. The van der Waals surface area contributed by atoms with Gasteiger partial charge in [-0.3, -0.25) is 4.79 Å². The average molecular weight is 230 g/mol. The molecule has 2 aromatic rings. The number of nitrogens with zero attached hydrogens (tertiary/aromatic N) is 1. The van der Waals surface area contributed by atoms with Gasteiger partial charge in [0.2, 0.25) is 5.88 Å². The van der Waals surface area contributed by atoms with Gasteiger partial charge in [0.05, 0.1) is 10.8 Å². The highest BCUT2D eigenvalue weighted by molar-refractivity contribution is 5.90. The highest BCUT2D eigenvalue weighted by Gasteiger charge is 2.09. The summed E-state index contributed by atoms with van der Waals surface area (Å²) in [6.45, 7) is 1.71. The normalized spacial score (nSPS) is 10.9. The van der Waals surface area contributed by atoms with Gasteiger partial charge in [-0.2, -0.15) is 0 Å². The van der Waals surface area contributed by atoms with E-state index in [4.69, 9.17) is 4.74 Å². The van der Waals surface area contributed by atoms with E-state index in [1.165, 1.54) is 6.08 Å². The Morgan fingerprint density at radius 1 is 1.35 bits per heavy atom. The molecule has 0 spiro atoms. The van der Waals surface area contributed by atoms with Crippen LogP contribution in [0.4, 0.5) is 0 Å². The van der Waals surface area contributed by atoms with Crippen LogP contribution in [-0.4, -0.2) is 16.2 Å². The maximum Gasteiger partial charge on any atom is 0.337 e. The minimum absolute atomic E-state index is 0.100. The van der Waals surface area contributed by atoms with Crippen molar-refractivity contribution in [2.24, 2.45) is 0 Å². The molecule has 0 fully saturated rings. The molecular formula is C12H10N2O3. The number of fused-ring (bicyclic) bond motifs is 1. The van der Waals surface area contributed by atoms with Crippen molar-refractivity contribution in [3.05, 3.63) is 46.8 Å².